The maximum absolute atomic E-state index is 6.04. The number of hydrogen-bond donors (Lipinski definition) is 1. The second kappa shape index (κ2) is 5.20. The Bertz CT molecular complexity index is 415. The van der Waals surface area contributed by atoms with Gasteiger partial charge in [0.2, 0.25) is 0 Å². The second-order valence-corrected chi connectivity index (χ2v) is 6.27. The number of likely N-dealkylation sites (tertiary alicyclic amines) is 1. The highest BCUT2D eigenvalue weighted by Gasteiger charge is 2.32. The van der Waals surface area contributed by atoms with E-state index in [1.54, 1.807) is 0 Å². The van der Waals surface area contributed by atoms with Crippen LogP contribution < -0.4 is 5.32 Å². The van der Waals surface area contributed by atoms with Gasteiger partial charge >= 0.3 is 0 Å². The minimum absolute atomic E-state index is 0.709. The van der Waals surface area contributed by atoms with Crippen LogP contribution in [0.2, 0.25) is 5.02 Å². The van der Waals surface area contributed by atoms with Crippen molar-refractivity contribution in [1.82, 2.24) is 10.2 Å². The molecule has 0 aromatic heterocycles. The summed E-state index contributed by atoms with van der Waals surface area (Å²) in [6.45, 7) is 2.44. The van der Waals surface area contributed by atoms with Gasteiger partial charge in [0, 0.05) is 23.7 Å². The monoisotopic (exact) mass is 264 g/mol. The molecule has 1 aromatic rings. The number of nitrogens with zero attached hydrogens (tertiary/aromatic N) is 1. The number of hydrogen-bond acceptors (Lipinski definition) is 2. The molecule has 1 aliphatic heterocycles. The van der Waals surface area contributed by atoms with Crippen molar-refractivity contribution >= 4 is 11.6 Å². The van der Waals surface area contributed by atoms with Gasteiger partial charge in [-0.15, -0.1) is 0 Å². The van der Waals surface area contributed by atoms with Crippen LogP contribution in [0.3, 0.4) is 0 Å². The van der Waals surface area contributed by atoms with Gasteiger partial charge in [-0.2, -0.15) is 0 Å². The Morgan fingerprint density at radius 2 is 2.11 bits per heavy atom. The zero-order valence-corrected chi connectivity index (χ0v) is 11.7. The summed E-state index contributed by atoms with van der Waals surface area (Å²) in [6, 6.07) is 9.76. The van der Waals surface area contributed by atoms with Crippen LogP contribution in [0.5, 0.6) is 0 Å². The molecular weight excluding hydrogens is 244 g/mol. The van der Waals surface area contributed by atoms with E-state index in [0.717, 1.165) is 5.02 Å². The van der Waals surface area contributed by atoms with Gasteiger partial charge in [-0.05, 0) is 56.5 Å². The van der Waals surface area contributed by atoms with Crippen molar-refractivity contribution in [2.75, 3.05) is 20.1 Å². The molecule has 2 nitrogen and oxygen atoms in total. The average Bonchev–Trinajstić information content (AvgIpc) is 2.69. The third-order valence-electron chi connectivity index (χ3n) is 4.32. The van der Waals surface area contributed by atoms with E-state index in [0.29, 0.717) is 18.0 Å². The summed E-state index contributed by atoms with van der Waals surface area (Å²) >= 11 is 6.04. The van der Waals surface area contributed by atoms with Gasteiger partial charge in [0.1, 0.15) is 0 Å². The molecule has 1 heterocycles. The van der Waals surface area contributed by atoms with Gasteiger partial charge in [0.15, 0.2) is 0 Å². The summed E-state index contributed by atoms with van der Waals surface area (Å²) < 4.78 is 0. The molecule has 3 heteroatoms. The Labute approximate surface area is 114 Å². The van der Waals surface area contributed by atoms with Crippen molar-refractivity contribution < 1.29 is 0 Å². The van der Waals surface area contributed by atoms with Crippen LogP contribution in [0, 0.1) is 0 Å². The fourth-order valence-corrected chi connectivity index (χ4v) is 3.39. The standard InChI is InChI=1S/C15H21ClN2/c1-18-6-5-14(10-18)17-15-8-12(9-15)11-3-2-4-13(16)7-11/h2-4,7,12,14-15,17H,5-6,8-10H2,1H3. The third-order valence-corrected chi connectivity index (χ3v) is 4.56. The Hall–Kier alpha value is -0.570. The van der Waals surface area contributed by atoms with E-state index in [4.69, 9.17) is 11.6 Å². The molecule has 1 N–H and O–H groups in total. The number of rotatable bonds is 3. The molecule has 0 amide bonds. The van der Waals surface area contributed by atoms with Crippen molar-refractivity contribution in [3.63, 3.8) is 0 Å². The molecule has 1 atom stereocenters. The summed E-state index contributed by atoms with van der Waals surface area (Å²) in [6.07, 6.45) is 3.83. The molecule has 3 rings (SSSR count). The topological polar surface area (TPSA) is 15.3 Å². The van der Waals surface area contributed by atoms with Crippen molar-refractivity contribution in [2.45, 2.75) is 37.3 Å². The van der Waals surface area contributed by atoms with Crippen LogP contribution in [-0.4, -0.2) is 37.1 Å². The molecule has 98 valence electrons. The minimum Gasteiger partial charge on any atom is -0.310 e. The Morgan fingerprint density at radius 1 is 1.28 bits per heavy atom. The van der Waals surface area contributed by atoms with Gasteiger partial charge in [-0.1, -0.05) is 23.7 Å². The summed E-state index contributed by atoms with van der Waals surface area (Å²) in [4.78, 5) is 2.41. The van der Waals surface area contributed by atoms with Gasteiger partial charge in [0.25, 0.3) is 0 Å². The van der Waals surface area contributed by atoms with Gasteiger partial charge in [0.05, 0.1) is 0 Å². The molecule has 18 heavy (non-hydrogen) atoms. The predicted molar refractivity (Wildman–Crippen MR) is 76.3 cm³/mol. The van der Waals surface area contributed by atoms with E-state index in [1.165, 1.54) is 37.9 Å². The molecule has 1 unspecified atom stereocenters. The zero-order valence-electron chi connectivity index (χ0n) is 10.9. The second-order valence-electron chi connectivity index (χ2n) is 5.83. The van der Waals surface area contributed by atoms with E-state index in [1.807, 2.05) is 6.07 Å². The summed E-state index contributed by atoms with van der Waals surface area (Å²) in [5, 5.41) is 4.65. The van der Waals surface area contributed by atoms with Crippen LogP contribution >= 0.6 is 11.6 Å². The van der Waals surface area contributed by atoms with Crippen molar-refractivity contribution in [3.05, 3.63) is 34.9 Å². The normalized spacial score (nSPS) is 32.4. The molecular formula is C15H21ClN2. The molecule has 0 spiro atoms. The molecule has 2 fully saturated rings. The summed E-state index contributed by atoms with van der Waals surface area (Å²) in [5.74, 6) is 0.709. The van der Waals surface area contributed by atoms with Crippen LogP contribution in [0.15, 0.2) is 24.3 Å². The van der Waals surface area contributed by atoms with Crippen molar-refractivity contribution in [1.29, 1.82) is 0 Å². The van der Waals surface area contributed by atoms with Crippen molar-refractivity contribution in [3.8, 4) is 0 Å². The largest absolute Gasteiger partial charge is 0.310 e. The smallest absolute Gasteiger partial charge is 0.0408 e. The highest BCUT2D eigenvalue weighted by Crippen LogP contribution is 2.38. The minimum atomic E-state index is 0.709. The Kier molecular flexibility index (Phi) is 3.60. The fourth-order valence-electron chi connectivity index (χ4n) is 3.19. The van der Waals surface area contributed by atoms with Crippen LogP contribution in [0.25, 0.3) is 0 Å². The first kappa shape index (κ1) is 12.5. The first-order valence-electron chi connectivity index (χ1n) is 6.91. The van der Waals surface area contributed by atoms with Gasteiger partial charge in [-0.25, -0.2) is 0 Å². The number of likely N-dealkylation sites (N-methyl/N-ethyl adjacent to an activating group) is 1. The van der Waals surface area contributed by atoms with Crippen LogP contribution in [0.1, 0.15) is 30.7 Å². The van der Waals surface area contributed by atoms with E-state index < -0.39 is 0 Å². The number of halogens is 1. The van der Waals surface area contributed by atoms with Crippen LogP contribution in [-0.2, 0) is 0 Å². The van der Waals surface area contributed by atoms with Crippen LogP contribution in [0.4, 0.5) is 0 Å². The molecule has 1 saturated heterocycles. The van der Waals surface area contributed by atoms with E-state index in [9.17, 15) is 0 Å². The highest BCUT2D eigenvalue weighted by atomic mass is 35.5. The molecule has 1 saturated carbocycles. The first-order chi connectivity index (χ1) is 8.70. The maximum Gasteiger partial charge on any atom is 0.0408 e. The average molecular weight is 265 g/mol. The van der Waals surface area contributed by atoms with E-state index >= 15 is 0 Å². The Balaban J connectivity index is 1.48. The predicted octanol–water partition coefficient (Wildman–Crippen LogP) is 2.88. The molecule has 1 aromatic carbocycles. The molecule has 2 aliphatic rings. The lowest BCUT2D eigenvalue weighted by atomic mass is 9.75. The Morgan fingerprint density at radius 3 is 2.78 bits per heavy atom. The van der Waals surface area contributed by atoms with Crippen molar-refractivity contribution in [2.24, 2.45) is 0 Å². The number of nitrogens with one attached hydrogen (secondary N) is 1. The van der Waals surface area contributed by atoms with E-state index in [-0.39, 0.29) is 0 Å². The van der Waals surface area contributed by atoms with Gasteiger partial charge < -0.3 is 10.2 Å². The third kappa shape index (κ3) is 2.71. The molecule has 1 aliphatic carbocycles. The summed E-state index contributed by atoms with van der Waals surface area (Å²) in [7, 11) is 2.21. The van der Waals surface area contributed by atoms with E-state index in [2.05, 4.69) is 35.5 Å². The molecule has 0 radical (unpaired) electrons. The zero-order chi connectivity index (χ0) is 12.5. The van der Waals surface area contributed by atoms with Gasteiger partial charge in [-0.3, -0.25) is 0 Å². The lowest BCUT2D eigenvalue weighted by Crippen LogP contribution is -2.46. The lowest BCUT2D eigenvalue weighted by Gasteiger charge is -2.38. The summed E-state index contributed by atoms with van der Waals surface area (Å²) in [5.41, 5.74) is 1.41. The quantitative estimate of drug-likeness (QED) is 0.903. The SMILES string of the molecule is CN1CCC(NC2CC(c3cccc(Cl)c3)C2)C1. The lowest BCUT2D eigenvalue weighted by molar-refractivity contribution is 0.263. The number of benzene rings is 1. The maximum atomic E-state index is 6.04. The first-order valence-corrected chi connectivity index (χ1v) is 7.28. The fraction of sp³-hybridized carbons (Fsp3) is 0.600. The highest BCUT2D eigenvalue weighted by molar-refractivity contribution is 6.30. The molecule has 0 bridgehead atoms.